The van der Waals surface area contributed by atoms with Gasteiger partial charge in [-0.15, -0.1) is 0 Å². The molecule has 14 heavy (non-hydrogen) atoms. The van der Waals surface area contributed by atoms with Gasteiger partial charge >= 0.3 is 0 Å². The number of benzene rings is 1. The monoisotopic (exact) mass is 190 g/mol. The van der Waals surface area contributed by atoms with Crippen molar-refractivity contribution in [1.29, 1.82) is 0 Å². The maximum absolute atomic E-state index is 5.59. The first kappa shape index (κ1) is 9.72. The molecule has 0 bridgehead atoms. The fraction of sp³-hybridized carbons (Fsp3) is 0.538. The normalized spacial score (nSPS) is 23.5. The van der Waals surface area contributed by atoms with Crippen LogP contribution in [0.15, 0.2) is 24.3 Å². The van der Waals surface area contributed by atoms with Gasteiger partial charge < -0.3 is 4.74 Å². The Balaban J connectivity index is 2.08. The van der Waals surface area contributed by atoms with Gasteiger partial charge in [0.05, 0.1) is 5.60 Å². The van der Waals surface area contributed by atoms with Crippen LogP contribution in [0.3, 0.4) is 0 Å². The molecule has 1 heteroatoms. The molecule has 0 aliphatic carbocycles. The molecule has 1 aliphatic rings. The van der Waals surface area contributed by atoms with Crippen molar-refractivity contribution in [2.75, 3.05) is 0 Å². The van der Waals surface area contributed by atoms with E-state index in [0.717, 1.165) is 0 Å². The van der Waals surface area contributed by atoms with Crippen LogP contribution in [0.4, 0.5) is 0 Å². The molecular weight excluding hydrogens is 172 g/mol. The Morgan fingerprint density at radius 2 is 1.79 bits per heavy atom. The molecule has 2 rings (SSSR count). The highest BCUT2D eigenvalue weighted by Crippen LogP contribution is 2.48. The van der Waals surface area contributed by atoms with E-state index in [-0.39, 0.29) is 5.60 Å². The first-order chi connectivity index (χ1) is 6.63. The molecule has 1 nitrogen and oxygen atoms in total. The Morgan fingerprint density at radius 1 is 1.21 bits per heavy atom. The molecule has 1 aliphatic heterocycles. The van der Waals surface area contributed by atoms with E-state index in [1.165, 1.54) is 24.0 Å². The predicted octanol–water partition coefficient (Wildman–Crippen LogP) is 3.49. The highest BCUT2D eigenvalue weighted by Gasteiger charge is 2.48. The summed E-state index contributed by atoms with van der Waals surface area (Å²) >= 11 is 0. The van der Waals surface area contributed by atoms with E-state index < -0.39 is 0 Å². The summed E-state index contributed by atoms with van der Waals surface area (Å²) in [6, 6.07) is 8.84. The first-order valence-electron chi connectivity index (χ1n) is 5.40. The van der Waals surface area contributed by atoms with E-state index >= 15 is 0 Å². The molecule has 0 amide bonds. The lowest BCUT2D eigenvalue weighted by Gasteiger charge is -2.01. The van der Waals surface area contributed by atoms with Gasteiger partial charge in [-0.3, -0.25) is 0 Å². The maximum Gasteiger partial charge on any atom is 0.112 e. The molecule has 1 saturated heterocycles. The molecule has 1 fully saturated rings. The molecule has 0 aromatic heterocycles. The summed E-state index contributed by atoms with van der Waals surface area (Å²) in [5.74, 6) is 0. The van der Waals surface area contributed by atoms with Crippen molar-refractivity contribution in [3.63, 3.8) is 0 Å². The summed E-state index contributed by atoms with van der Waals surface area (Å²) in [5, 5.41) is 0. The number of aryl methyl sites for hydroxylation is 1. The largest absolute Gasteiger partial charge is 0.362 e. The number of rotatable bonds is 3. The third-order valence-electron chi connectivity index (χ3n) is 2.82. The van der Waals surface area contributed by atoms with Gasteiger partial charge in [0, 0.05) is 0 Å². The molecule has 1 heterocycles. The Kier molecular flexibility index (Phi) is 2.36. The zero-order chi connectivity index (χ0) is 10.2. The SMILES string of the molecule is CCCc1ccc(C2OC2(C)C)cc1. The van der Waals surface area contributed by atoms with E-state index in [9.17, 15) is 0 Å². The van der Waals surface area contributed by atoms with E-state index in [4.69, 9.17) is 4.74 Å². The van der Waals surface area contributed by atoms with Crippen LogP contribution < -0.4 is 0 Å². The molecule has 0 saturated carbocycles. The quantitative estimate of drug-likeness (QED) is 0.665. The van der Waals surface area contributed by atoms with Crippen LogP contribution in [0, 0.1) is 0 Å². The van der Waals surface area contributed by atoms with Gasteiger partial charge in [0.15, 0.2) is 0 Å². The van der Waals surface area contributed by atoms with Crippen LogP contribution in [0.5, 0.6) is 0 Å². The van der Waals surface area contributed by atoms with Crippen LogP contribution >= 0.6 is 0 Å². The van der Waals surface area contributed by atoms with Crippen LogP contribution in [-0.4, -0.2) is 5.60 Å². The number of epoxide rings is 1. The Bertz CT molecular complexity index is 311. The standard InChI is InChI=1S/C13H18O/c1-4-5-10-6-8-11(9-7-10)12-13(2,3)14-12/h6-9,12H,4-5H2,1-3H3. The van der Waals surface area contributed by atoms with E-state index in [1.807, 2.05) is 0 Å². The van der Waals surface area contributed by atoms with Crippen molar-refractivity contribution in [3.05, 3.63) is 35.4 Å². The third kappa shape index (κ3) is 1.83. The third-order valence-corrected chi connectivity index (χ3v) is 2.82. The maximum atomic E-state index is 5.59. The van der Waals surface area contributed by atoms with Crippen LogP contribution in [0.1, 0.15) is 44.4 Å². The number of hydrogen-bond donors (Lipinski definition) is 0. The van der Waals surface area contributed by atoms with Crippen molar-refractivity contribution in [3.8, 4) is 0 Å². The van der Waals surface area contributed by atoms with Gasteiger partial charge in [-0.2, -0.15) is 0 Å². The Labute approximate surface area is 86.1 Å². The fourth-order valence-electron chi connectivity index (χ4n) is 1.89. The van der Waals surface area contributed by atoms with Gasteiger partial charge in [-0.05, 0) is 31.4 Å². The second kappa shape index (κ2) is 3.39. The minimum Gasteiger partial charge on any atom is -0.362 e. The molecule has 0 radical (unpaired) electrons. The lowest BCUT2D eigenvalue weighted by molar-refractivity contribution is 0.325. The van der Waals surface area contributed by atoms with E-state index in [1.54, 1.807) is 0 Å². The highest BCUT2D eigenvalue weighted by atomic mass is 16.6. The molecule has 1 aromatic rings. The van der Waals surface area contributed by atoms with Crippen molar-refractivity contribution >= 4 is 0 Å². The summed E-state index contributed by atoms with van der Waals surface area (Å²) in [6.07, 6.45) is 2.71. The van der Waals surface area contributed by atoms with Crippen molar-refractivity contribution < 1.29 is 4.74 Å². The van der Waals surface area contributed by atoms with Crippen molar-refractivity contribution in [1.82, 2.24) is 0 Å². The van der Waals surface area contributed by atoms with Crippen molar-refractivity contribution in [2.24, 2.45) is 0 Å². The topological polar surface area (TPSA) is 12.5 Å². The van der Waals surface area contributed by atoms with Gasteiger partial charge in [0.2, 0.25) is 0 Å². The Morgan fingerprint density at radius 3 is 2.21 bits per heavy atom. The summed E-state index contributed by atoms with van der Waals surface area (Å²) in [6.45, 7) is 6.48. The zero-order valence-corrected chi connectivity index (χ0v) is 9.21. The first-order valence-corrected chi connectivity index (χ1v) is 5.40. The molecular formula is C13H18O. The molecule has 1 unspecified atom stereocenters. The number of hydrogen-bond acceptors (Lipinski definition) is 1. The second-order valence-corrected chi connectivity index (χ2v) is 4.59. The van der Waals surface area contributed by atoms with Crippen LogP contribution in [-0.2, 0) is 11.2 Å². The summed E-state index contributed by atoms with van der Waals surface area (Å²) in [5.41, 5.74) is 2.80. The highest BCUT2D eigenvalue weighted by molar-refractivity contribution is 5.28. The van der Waals surface area contributed by atoms with Crippen LogP contribution in [0.2, 0.25) is 0 Å². The summed E-state index contributed by atoms with van der Waals surface area (Å²) in [4.78, 5) is 0. The number of ether oxygens (including phenoxy) is 1. The summed E-state index contributed by atoms with van der Waals surface area (Å²) in [7, 11) is 0. The molecule has 0 N–H and O–H groups in total. The van der Waals surface area contributed by atoms with Gasteiger partial charge in [0.25, 0.3) is 0 Å². The molecule has 0 spiro atoms. The minimum absolute atomic E-state index is 0.0618. The van der Waals surface area contributed by atoms with Crippen molar-refractivity contribution in [2.45, 2.75) is 45.3 Å². The Hall–Kier alpha value is -0.820. The lowest BCUT2D eigenvalue weighted by Crippen LogP contribution is -1.97. The average molecular weight is 190 g/mol. The minimum atomic E-state index is 0.0618. The second-order valence-electron chi connectivity index (χ2n) is 4.59. The molecule has 1 aromatic carbocycles. The van der Waals surface area contributed by atoms with E-state index in [0.29, 0.717) is 6.10 Å². The van der Waals surface area contributed by atoms with Crippen LogP contribution in [0.25, 0.3) is 0 Å². The van der Waals surface area contributed by atoms with Gasteiger partial charge in [-0.25, -0.2) is 0 Å². The van der Waals surface area contributed by atoms with E-state index in [2.05, 4.69) is 45.0 Å². The molecule has 76 valence electrons. The zero-order valence-electron chi connectivity index (χ0n) is 9.21. The fourth-order valence-corrected chi connectivity index (χ4v) is 1.89. The summed E-state index contributed by atoms with van der Waals surface area (Å²) < 4.78 is 5.59. The van der Waals surface area contributed by atoms with Gasteiger partial charge in [0.1, 0.15) is 6.10 Å². The smallest absolute Gasteiger partial charge is 0.112 e. The predicted molar refractivity (Wildman–Crippen MR) is 58.3 cm³/mol. The average Bonchev–Trinajstić information content (AvgIpc) is 2.77. The lowest BCUT2D eigenvalue weighted by atomic mass is 10.0. The van der Waals surface area contributed by atoms with Gasteiger partial charge in [-0.1, -0.05) is 37.6 Å². The molecule has 1 atom stereocenters.